The Balaban J connectivity index is 1.72. The zero-order valence-electron chi connectivity index (χ0n) is 13.9. The van der Waals surface area contributed by atoms with Gasteiger partial charge in [-0.25, -0.2) is 9.78 Å². The molecular weight excluding hydrogens is 372 g/mol. The Morgan fingerprint density at radius 1 is 1.15 bits per heavy atom. The molecule has 1 aromatic heterocycles. The van der Waals surface area contributed by atoms with Crippen molar-refractivity contribution in [2.75, 3.05) is 12.4 Å². The summed E-state index contributed by atoms with van der Waals surface area (Å²) in [5.41, 5.74) is 2.18. The number of nitrogens with one attached hydrogen (secondary N) is 1. The summed E-state index contributed by atoms with van der Waals surface area (Å²) in [5, 5.41) is 5.93. The predicted octanol–water partition coefficient (Wildman–Crippen LogP) is 4.43. The van der Waals surface area contributed by atoms with Crippen LogP contribution in [0.3, 0.4) is 0 Å². The van der Waals surface area contributed by atoms with Crippen LogP contribution in [0.25, 0.3) is 10.6 Å². The molecule has 5 nitrogen and oxygen atoms in total. The standard InChI is InChI=1S/C19H15ClN2O3S/c1-25-19(24)14-7-3-5-9-16(14)22-17(23)10-12-11-26-18(21-12)13-6-2-4-8-15(13)20/h2-9,11H,10H2,1H3,(H,22,23). The van der Waals surface area contributed by atoms with Gasteiger partial charge in [0.05, 0.1) is 35.5 Å². The first-order valence-corrected chi connectivity index (χ1v) is 9.00. The first-order valence-electron chi connectivity index (χ1n) is 7.75. The van der Waals surface area contributed by atoms with Crippen LogP contribution in [0.15, 0.2) is 53.9 Å². The predicted molar refractivity (Wildman–Crippen MR) is 103 cm³/mol. The number of rotatable bonds is 5. The fraction of sp³-hybridized carbons (Fsp3) is 0.105. The van der Waals surface area contributed by atoms with Crippen molar-refractivity contribution < 1.29 is 14.3 Å². The molecule has 0 radical (unpaired) electrons. The highest BCUT2D eigenvalue weighted by molar-refractivity contribution is 7.13. The number of methoxy groups -OCH3 is 1. The summed E-state index contributed by atoms with van der Waals surface area (Å²) in [5.74, 6) is -0.770. The first-order chi connectivity index (χ1) is 12.6. The third kappa shape index (κ3) is 4.09. The van der Waals surface area contributed by atoms with Crippen molar-refractivity contribution in [1.29, 1.82) is 0 Å². The van der Waals surface area contributed by atoms with Gasteiger partial charge in [0.2, 0.25) is 5.91 Å². The number of benzene rings is 2. The summed E-state index contributed by atoms with van der Waals surface area (Å²) in [6, 6.07) is 14.1. The van der Waals surface area contributed by atoms with E-state index < -0.39 is 5.97 Å². The van der Waals surface area contributed by atoms with E-state index in [0.29, 0.717) is 22.0 Å². The molecule has 0 fully saturated rings. The van der Waals surface area contributed by atoms with Gasteiger partial charge in [-0.3, -0.25) is 4.79 Å². The molecule has 0 aliphatic heterocycles. The van der Waals surface area contributed by atoms with E-state index in [2.05, 4.69) is 10.3 Å². The molecule has 0 saturated carbocycles. The Labute approximate surface area is 159 Å². The molecule has 2 aromatic carbocycles. The van der Waals surface area contributed by atoms with Crippen LogP contribution in [0.1, 0.15) is 16.1 Å². The minimum Gasteiger partial charge on any atom is -0.465 e. The molecule has 0 atom stereocenters. The average molecular weight is 387 g/mol. The minimum atomic E-state index is -0.504. The fourth-order valence-electron chi connectivity index (χ4n) is 2.39. The molecule has 1 heterocycles. The van der Waals surface area contributed by atoms with Crippen LogP contribution in [0.5, 0.6) is 0 Å². The minimum absolute atomic E-state index is 0.0937. The van der Waals surface area contributed by atoms with Gasteiger partial charge >= 0.3 is 5.97 Å². The lowest BCUT2D eigenvalue weighted by Gasteiger charge is -2.08. The Bertz CT molecular complexity index is 955. The number of amides is 1. The summed E-state index contributed by atoms with van der Waals surface area (Å²) in [4.78, 5) is 28.6. The van der Waals surface area contributed by atoms with E-state index in [9.17, 15) is 9.59 Å². The normalized spacial score (nSPS) is 10.4. The molecular formula is C19H15ClN2O3S. The zero-order valence-corrected chi connectivity index (χ0v) is 15.4. The summed E-state index contributed by atoms with van der Waals surface area (Å²) in [6.07, 6.45) is 0.0937. The van der Waals surface area contributed by atoms with Crippen molar-refractivity contribution >= 4 is 40.5 Å². The molecule has 0 saturated heterocycles. The molecule has 3 rings (SSSR count). The van der Waals surface area contributed by atoms with Gasteiger partial charge in [-0.2, -0.15) is 0 Å². The van der Waals surface area contributed by atoms with Crippen molar-refractivity contribution in [1.82, 2.24) is 4.98 Å². The number of hydrogen-bond donors (Lipinski definition) is 1. The van der Waals surface area contributed by atoms with Gasteiger partial charge in [-0.15, -0.1) is 11.3 Å². The van der Waals surface area contributed by atoms with Crippen molar-refractivity contribution in [3.05, 3.63) is 70.2 Å². The lowest BCUT2D eigenvalue weighted by molar-refractivity contribution is -0.115. The van der Waals surface area contributed by atoms with E-state index in [4.69, 9.17) is 16.3 Å². The third-order valence-corrected chi connectivity index (χ3v) is 4.86. The molecule has 26 heavy (non-hydrogen) atoms. The quantitative estimate of drug-likeness (QED) is 0.658. The monoisotopic (exact) mass is 386 g/mol. The number of anilines is 1. The lowest BCUT2D eigenvalue weighted by Crippen LogP contribution is -2.17. The summed E-state index contributed by atoms with van der Waals surface area (Å²) >= 11 is 7.61. The second-order valence-electron chi connectivity index (χ2n) is 5.39. The number of para-hydroxylation sites is 1. The number of aromatic nitrogens is 1. The van der Waals surface area contributed by atoms with E-state index in [1.165, 1.54) is 18.4 Å². The summed E-state index contributed by atoms with van der Waals surface area (Å²) in [6.45, 7) is 0. The summed E-state index contributed by atoms with van der Waals surface area (Å²) < 4.78 is 4.73. The molecule has 0 aliphatic carbocycles. The molecule has 0 bridgehead atoms. The van der Waals surface area contributed by atoms with Gasteiger partial charge in [-0.1, -0.05) is 41.9 Å². The van der Waals surface area contributed by atoms with E-state index in [1.54, 1.807) is 30.3 Å². The molecule has 3 aromatic rings. The van der Waals surface area contributed by atoms with Gasteiger partial charge < -0.3 is 10.1 Å². The Morgan fingerprint density at radius 3 is 2.65 bits per heavy atom. The number of carbonyl (C=O) groups excluding carboxylic acids is 2. The topological polar surface area (TPSA) is 68.3 Å². The van der Waals surface area contributed by atoms with E-state index in [1.807, 2.05) is 23.6 Å². The van der Waals surface area contributed by atoms with Crippen LogP contribution in [0.2, 0.25) is 5.02 Å². The lowest BCUT2D eigenvalue weighted by atomic mass is 10.1. The van der Waals surface area contributed by atoms with Gasteiger partial charge in [0.1, 0.15) is 5.01 Å². The van der Waals surface area contributed by atoms with Gasteiger partial charge in [-0.05, 0) is 18.2 Å². The summed E-state index contributed by atoms with van der Waals surface area (Å²) in [7, 11) is 1.30. The number of nitrogens with zero attached hydrogens (tertiary/aromatic N) is 1. The van der Waals surface area contributed by atoms with E-state index in [-0.39, 0.29) is 12.3 Å². The Hall–Kier alpha value is -2.70. The van der Waals surface area contributed by atoms with Crippen LogP contribution in [-0.2, 0) is 16.0 Å². The first kappa shape index (κ1) is 18.1. The maximum absolute atomic E-state index is 12.3. The van der Waals surface area contributed by atoms with Crippen molar-refractivity contribution in [2.45, 2.75) is 6.42 Å². The second kappa shape index (κ2) is 8.12. The van der Waals surface area contributed by atoms with Crippen LogP contribution < -0.4 is 5.32 Å². The smallest absolute Gasteiger partial charge is 0.339 e. The average Bonchev–Trinajstić information content (AvgIpc) is 3.10. The highest BCUT2D eigenvalue weighted by atomic mass is 35.5. The van der Waals surface area contributed by atoms with Crippen molar-refractivity contribution in [3.63, 3.8) is 0 Å². The van der Waals surface area contributed by atoms with E-state index >= 15 is 0 Å². The second-order valence-corrected chi connectivity index (χ2v) is 6.65. The van der Waals surface area contributed by atoms with Crippen molar-refractivity contribution in [3.8, 4) is 10.6 Å². The van der Waals surface area contributed by atoms with Crippen molar-refractivity contribution in [2.24, 2.45) is 0 Å². The molecule has 0 unspecified atom stereocenters. The highest BCUT2D eigenvalue weighted by Crippen LogP contribution is 2.30. The molecule has 7 heteroatoms. The van der Waals surface area contributed by atoms with Gasteiger partial charge in [0, 0.05) is 10.9 Å². The molecule has 132 valence electrons. The number of esters is 1. The SMILES string of the molecule is COC(=O)c1ccccc1NC(=O)Cc1csc(-c2ccccc2Cl)n1. The number of hydrogen-bond acceptors (Lipinski definition) is 5. The number of halogens is 1. The van der Waals surface area contributed by atoms with Crippen LogP contribution >= 0.6 is 22.9 Å². The Morgan fingerprint density at radius 2 is 1.88 bits per heavy atom. The van der Waals surface area contributed by atoms with Crippen LogP contribution in [-0.4, -0.2) is 24.0 Å². The van der Waals surface area contributed by atoms with Crippen LogP contribution in [0.4, 0.5) is 5.69 Å². The zero-order chi connectivity index (χ0) is 18.5. The molecule has 1 amide bonds. The molecule has 1 N–H and O–H groups in total. The number of ether oxygens (including phenoxy) is 1. The largest absolute Gasteiger partial charge is 0.465 e. The molecule has 0 spiro atoms. The highest BCUT2D eigenvalue weighted by Gasteiger charge is 2.15. The van der Waals surface area contributed by atoms with E-state index in [0.717, 1.165) is 10.6 Å². The molecule has 0 aliphatic rings. The Kier molecular flexibility index (Phi) is 5.65. The third-order valence-electron chi connectivity index (χ3n) is 3.60. The van der Waals surface area contributed by atoms with Gasteiger partial charge in [0.15, 0.2) is 0 Å². The number of thiazole rings is 1. The van der Waals surface area contributed by atoms with Gasteiger partial charge in [0.25, 0.3) is 0 Å². The fourth-order valence-corrected chi connectivity index (χ4v) is 3.53. The number of carbonyl (C=O) groups is 2. The maximum atomic E-state index is 12.3. The van der Waals surface area contributed by atoms with Crippen LogP contribution in [0, 0.1) is 0 Å². The maximum Gasteiger partial charge on any atom is 0.339 e.